The van der Waals surface area contributed by atoms with Crippen molar-refractivity contribution < 1.29 is 9.29 Å². The summed E-state index contributed by atoms with van der Waals surface area (Å²) in [5.74, 6) is 0. The van der Waals surface area contributed by atoms with Crippen molar-refractivity contribution in [3.8, 4) is 22.3 Å². The first-order valence-electron chi connectivity index (χ1n) is 8.53. The molecule has 0 fully saturated rings. The Morgan fingerprint density at radius 2 is 1.36 bits per heavy atom. The quantitative estimate of drug-likeness (QED) is 0.454. The summed E-state index contributed by atoms with van der Waals surface area (Å²) >= 11 is 1.35. The number of hydrogen-bond donors (Lipinski definition) is 1. The molecule has 0 unspecified atom stereocenters. The molecule has 0 saturated heterocycles. The highest BCUT2D eigenvalue weighted by Crippen LogP contribution is 2.49. The first kappa shape index (κ1) is 16.6. The molecule has 0 atom stereocenters. The molecule has 0 radical (unpaired) electrons. The van der Waals surface area contributed by atoms with E-state index in [0.29, 0.717) is 0 Å². The molecular formula is C22H22O2S. The monoisotopic (exact) mass is 350 g/mol. The Hall–Kier alpha value is -1.81. The van der Waals surface area contributed by atoms with Crippen LogP contribution in [0.1, 0.15) is 27.7 Å². The molecule has 0 bridgehead atoms. The lowest BCUT2D eigenvalue weighted by Gasteiger charge is -2.36. The van der Waals surface area contributed by atoms with Gasteiger partial charge in [-0.15, -0.1) is 0 Å². The molecule has 128 valence electrons. The van der Waals surface area contributed by atoms with E-state index in [0.717, 1.165) is 4.90 Å². The molecule has 3 aromatic carbocycles. The van der Waals surface area contributed by atoms with Crippen LogP contribution in [0.2, 0.25) is 0 Å². The van der Waals surface area contributed by atoms with E-state index in [1.807, 2.05) is 13.8 Å². The van der Waals surface area contributed by atoms with Crippen molar-refractivity contribution in [2.75, 3.05) is 0 Å². The van der Waals surface area contributed by atoms with E-state index >= 15 is 0 Å². The van der Waals surface area contributed by atoms with Crippen molar-refractivity contribution in [1.29, 1.82) is 0 Å². The minimum Gasteiger partial charge on any atom is -0.387 e. The summed E-state index contributed by atoms with van der Waals surface area (Å²) in [4.78, 5) is 1.07. The van der Waals surface area contributed by atoms with E-state index in [4.69, 9.17) is 4.18 Å². The van der Waals surface area contributed by atoms with Crippen molar-refractivity contribution >= 4 is 22.8 Å². The summed E-state index contributed by atoms with van der Waals surface area (Å²) in [6, 6.07) is 19.3. The van der Waals surface area contributed by atoms with Gasteiger partial charge >= 0.3 is 0 Å². The van der Waals surface area contributed by atoms with Crippen molar-refractivity contribution in [1.82, 2.24) is 0 Å². The number of hydrogen-bond acceptors (Lipinski definition) is 3. The van der Waals surface area contributed by atoms with Gasteiger partial charge < -0.3 is 9.29 Å². The second kappa shape index (κ2) is 5.60. The minimum atomic E-state index is -0.925. The molecule has 0 spiro atoms. The van der Waals surface area contributed by atoms with Gasteiger partial charge in [-0.05, 0) is 66.8 Å². The lowest BCUT2D eigenvalue weighted by molar-refractivity contribution is -0.0813. The third-order valence-corrected chi connectivity index (χ3v) is 6.36. The molecule has 3 heteroatoms. The maximum absolute atomic E-state index is 10.3. The van der Waals surface area contributed by atoms with Crippen LogP contribution < -0.4 is 0 Å². The second-order valence-electron chi connectivity index (χ2n) is 7.62. The summed E-state index contributed by atoms with van der Waals surface area (Å²) in [5.41, 5.74) is 3.57. The van der Waals surface area contributed by atoms with Crippen LogP contribution in [0.15, 0.2) is 59.5 Å². The van der Waals surface area contributed by atoms with Gasteiger partial charge in [0, 0.05) is 16.9 Å². The maximum atomic E-state index is 10.3. The lowest BCUT2D eigenvalue weighted by Crippen LogP contribution is -2.45. The van der Waals surface area contributed by atoms with Gasteiger partial charge in [0.25, 0.3) is 0 Å². The number of fused-ring (bicyclic) bond motifs is 3. The van der Waals surface area contributed by atoms with Crippen LogP contribution in [0, 0.1) is 0 Å². The Balaban J connectivity index is 1.79. The molecule has 1 N–H and O–H groups in total. The summed E-state index contributed by atoms with van der Waals surface area (Å²) in [7, 11) is 0. The zero-order valence-electron chi connectivity index (χ0n) is 15.0. The molecule has 4 rings (SSSR count). The standard InChI is InChI=1S/C22H22O2S/c1-21(2,23)22(3,4)24-25-19-13-12-17-15-9-6-5-8-14(15)16-10-7-11-18(19)20(16)17/h5-13,23H,1-4H3. The van der Waals surface area contributed by atoms with Gasteiger partial charge in [0.1, 0.15) is 5.60 Å². The van der Waals surface area contributed by atoms with Gasteiger partial charge in [0.05, 0.1) is 5.60 Å². The van der Waals surface area contributed by atoms with E-state index < -0.39 is 11.2 Å². The Morgan fingerprint density at radius 3 is 2.00 bits per heavy atom. The van der Waals surface area contributed by atoms with Crippen molar-refractivity contribution in [3.05, 3.63) is 54.6 Å². The highest BCUT2D eigenvalue weighted by Gasteiger charge is 2.37. The van der Waals surface area contributed by atoms with Crippen LogP contribution in [0.25, 0.3) is 33.0 Å². The fourth-order valence-electron chi connectivity index (χ4n) is 3.11. The minimum absolute atomic E-state index is 0.663. The first-order valence-corrected chi connectivity index (χ1v) is 9.27. The zero-order valence-corrected chi connectivity index (χ0v) is 15.8. The van der Waals surface area contributed by atoms with Gasteiger partial charge in [-0.2, -0.15) is 0 Å². The Labute approximate surface area is 153 Å². The van der Waals surface area contributed by atoms with Crippen LogP contribution in [0.5, 0.6) is 0 Å². The molecule has 0 heterocycles. The van der Waals surface area contributed by atoms with Crippen LogP contribution in [0.3, 0.4) is 0 Å². The van der Waals surface area contributed by atoms with E-state index in [1.165, 1.54) is 45.1 Å². The summed E-state index contributed by atoms with van der Waals surface area (Å²) in [6.45, 7) is 7.38. The lowest BCUT2D eigenvalue weighted by atomic mass is 9.90. The van der Waals surface area contributed by atoms with Crippen LogP contribution >= 0.6 is 12.0 Å². The van der Waals surface area contributed by atoms with E-state index in [2.05, 4.69) is 54.6 Å². The zero-order chi connectivity index (χ0) is 17.8. The summed E-state index contributed by atoms with van der Waals surface area (Å²) in [5, 5.41) is 12.8. The number of aliphatic hydroxyl groups is 1. The summed E-state index contributed by atoms with van der Waals surface area (Å²) < 4.78 is 6.03. The molecule has 3 aromatic rings. The highest BCUT2D eigenvalue weighted by molar-refractivity contribution is 7.95. The van der Waals surface area contributed by atoms with Gasteiger partial charge in [0.15, 0.2) is 0 Å². The van der Waals surface area contributed by atoms with Crippen LogP contribution in [-0.4, -0.2) is 16.3 Å². The molecule has 0 aromatic heterocycles. The molecule has 25 heavy (non-hydrogen) atoms. The van der Waals surface area contributed by atoms with E-state index in [1.54, 1.807) is 13.8 Å². The normalized spacial score (nSPS) is 13.3. The molecule has 0 aliphatic heterocycles. The van der Waals surface area contributed by atoms with Crippen LogP contribution in [-0.2, 0) is 4.18 Å². The molecule has 1 aliphatic rings. The molecule has 2 nitrogen and oxygen atoms in total. The van der Waals surface area contributed by atoms with Gasteiger partial charge in [0.2, 0.25) is 0 Å². The number of benzene rings is 3. The number of rotatable bonds is 4. The van der Waals surface area contributed by atoms with Crippen molar-refractivity contribution in [2.24, 2.45) is 0 Å². The third-order valence-electron chi connectivity index (χ3n) is 5.32. The fraction of sp³-hybridized carbons (Fsp3) is 0.273. The van der Waals surface area contributed by atoms with E-state index in [9.17, 15) is 5.11 Å². The first-order chi connectivity index (χ1) is 11.8. The second-order valence-corrected chi connectivity index (χ2v) is 8.39. The van der Waals surface area contributed by atoms with Gasteiger partial charge in [-0.3, -0.25) is 0 Å². The summed E-state index contributed by atoms with van der Waals surface area (Å²) in [6.07, 6.45) is 0. The fourth-order valence-corrected chi connectivity index (χ4v) is 3.99. The van der Waals surface area contributed by atoms with Crippen LogP contribution in [0.4, 0.5) is 0 Å². The van der Waals surface area contributed by atoms with Gasteiger partial charge in [-0.25, -0.2) is 0 Å². The van der Waals surface area contributed by atoms with Crippen molar-refractivity contribution in [3.63, 3.8) is 0 Å². The maximum Gasteiger partial charge on any atom is 0.106 e. The average Bonchev–Trinajstić information content (AvgIpc) is 2.90. The Kier molecular flexibility index (Phi) is 3.73. The third kappa shape index (κ3) is 2.58. The molecule has 1 aliphatic carbocycles. The molecule has 0 amide bonds. The SMILES string of the molecule is CC(C)(O)C(C)(C)OSc1ccc2c3c(cccc13)-c1ccccc1-2. The smallest absolute Gasteiger partial charge is 0.106 e. The predicted molar refractivity (Wildman–Crippen MR) is 106 cm³/mol. The Morgan fingerprint density at radius 1 is 0.760 bits per heavy atom. The molecule has 0 saturated carbocycles. The largest absolute Gasteiger partial charge is 0.387 e. The highest BCUT2D eigenvalue weighted by atomic mass is 32.2. The Bertz CT molecular complexity index is 938. The van der Waals surface area contributed by atoms with Gasteiger partial charge in [-0.1, -0.05) is 48.5 Å². The predicted octanol–water partition coefficient (Wildman–Crippen LogP) is 6.06. The topological polar surface area (TPSA) is 29.5 Å². The molecular weight excluding hydrogens is 328 g/mol. The van der Waals surface area contributed by atoms with Crippen molar-refractivity contribution in [2.45, 2.75) is 43.8 Å². The average molecular weight is 350 g/mol. The van der Waals surface area contributed by atoms with E-state index in [-0.39, 0.29) is 0 Å².